The molecule has 2 unspecified atom stereocenters. The van der Waals surface area contributed by atoms with Crippen molar-refractivity contribution in [2.24, 2.45) is 11.3 Å². The van der Waals surface area contributed by atoms with Gasteiger partial charge in [0.15, 0.2) is 0 Å². The molecule has 1 rings (SSSR count). The van der Waals surface area contributed by atoms with E-state index in [1.807, 2.05) is 13.0 Å². The summed E-state index contributed by atoms with van der Waals surface area (Å²) in [5.41, 5.74) is 0.0384. The second-order valence-corrected chi connectivity index (χ2v) is 4.19. The molecule has 1 saturated carbocycles. The molecule has 1 N–H and O–H groups in total. The van der Waals surface area contributed by atoms with Crippen LogP contribution in [0.15, 0.2) is 12.7 Å². The second kappa shape index (κ2) is 5.31. The first-order valence-corrected chi connectivity index (χ1v) is 5.58. The van der Waals surface area contributed by atoms with E-state index >= 15 is 0 Å². The Morgan fingerprint density at radius 1 is 1.73 bits per heavy atom. The van der Waals surface area contributed by atoms with Gasteiger partial charge in [-0.25, -0.2) is 0 Å². The zero-order valence-corrected chi connectivity index (χ0v) is 9.37. The van der Waals surface area contributed by atoms with Crippen LogP contribution in [0.3, 0.4) is 0 Å². The van der Waals surface area contributed by atoms with Gasteiger partial charge in [0.05, 0.1) is 12.5 Å². The van der Waals surface area contributed by atoms with Gasteiger partial charge in [-0.05, 0) is 38.0 Å². The van der Waals surface area contributed by atoms with E-state index in [2.05, 4.69) is 6.58 Å². The number of hydrogen-bond donors (Lipinski definition) is 1. The van der Waals surface area contributed by atoms with Crippen molar-refractivity contribution in [1.29, 1.82) is 0 Å². The van der Waals surface area contributed by atoms with Crippen molar-refractivity contribution in [3.05, 3.63) is 12.7 Å². The van der Waals surface area contributed by atoms with Crippen LogP contribution < -0.4 is 0 Å². The molecule has 0 aromatic rings. The van der Waals surface area contributed by atoms with Crippen LogP contribution in [0.25, 0.3) is 0 Å². The normalized spacial score (nSPS) is 28.5. The van der Waals surface area contributed by atoms with E-state index in [1.165, 1.54) is 0 Å². The topological polar surface area (TPSA) is 46.5 Å². The minimum absolute atomic E-state index is 0.0296. The summed E-state index contributed by atoms with van der Waals surface area (Å²) < 4.78 is 5.01. The van der Waals surface area contributed by atoms with Crippen LogP contribution >= 0.6 is 0 Å². The van der Waals surface area contributed by atoms with Crippen LogP contribution in [0.2, 0.25) is 0 Å². The summed E-state index contributed by atoms with van der Waals surface area (Å²) >= 11 is 0. The third kappa shape index (κ3) is 2.81. The molecule has 2 atom stereocenters. The number of carbonyl (C=O) groups excluding carboxylic acids is 1. The third-order valence-electron chi connectivity index (χ3n) is 3.14. The molecule has 0 bridgehead atoms. The summed E-state index contributed by atoms with van der Waals surface area (Å²) in [6, 6.07) is 0. The van der Waals surface area contributed by atoms with Gasteiger partial charge < -0.3 is 9.84 Å². The lowest BCUT2D eigenvalue weighted by molar-refractivity contribution is -0.145. The fourth-order valence-electron chi connectivity index (χ4n) is 2.25. The maximum Gasteiger partial charge on any atom is 0.309 e. The standard InChI is InChI=1S/C12H20O3/c1-3-6-12(7-5-8-13)9-10(12)11(14)15-4-2/h3,10,13H,1,4-9H2,2H3. The number of rotatable bonds is 7. The summed E-state index contributed by atoms with van der Waals surface area (Å²) in [4.78, 5) is 11.5. The molecular weight excluding hydrogens is 192 g/mol. The average Bonchev–Trinajstić information content (AvgIpc) is 2.91. The van der Waals surface area contributed by atoms with Gasteiger partial charge in [-0.3, -0.25) is 4.79 Å². The zero-order valence-electron chi connectivity index (χ0n) is 9.37. The lowest BCUT2D eigenvalue weighted by atomic mass is 9.93. The van der Waals surface area contributed by atoms with E-state index in [0.717, 1.165) is 25.7 Å². The van der Waals surface area contributed by atoms with E-state index in [-0.39, 0.29) is 23.9 Å². The Hall–Kier alpha value is -0.830. The monoisotopic (exact) mass is 212 g/mol. The van der Waals surface area contributed by atoms with Gasteiger partial charge in [0.25, 0.3) is 0 Å². The average molecular weight is 212 g/mol. The van der Waals surface area contributed by atoms with Crippen molar-refractivity contribution in [3.8, 4) is 0 Å². The van der Waals surface area contributed by atoms with Crippen LogP contribution in [0, 0.1) is 11.3 Å². The smallest absolute Gasteiger partial charge is 0.309 e. The van der Waals surface area contributed by atoms with E-state index in [4.69, 9.17) is 9.84 Å². The maximum absolute atomic E-state index is 11.5. The minimum Gasteiger partial charge on any atom is -0.466 e. The highest BCUT2D eigenvalue weighted by Crippen LogP contribution is 2.59. The van der Waals surface area contributed by atoms with Crippen molar-refractivity contribution in [3.63, 3.8) is 0 Å². The van der Waals surface area contributed by atoms with Crippen molar-refractivity contribution in [2.45, 2.75) is 32.6 Å². The number of aliphatic hydroxyl groups excluding tert-OH is 1. The SMILES string of the molecule is C=CCC1(CCCO)CC1C(=O)OCC. The molecule has 0 radical (unpaired) electrons. The lowest BCUT2D eigenvalue weighted by Gasteiger charge is -2.13. The van der Waals surface area contributed by atoms with E-state index < -0.39 is 0 Å². The van der Waals surface area contributed by atoms with Crippen molar-refractivity contribution in [2.75, 3.05) is 13.2 Å². The third-order valence-corrected chi connectivity index (χ3v) is 3.14. The first-order valence-electron chi connectivity index (χ1n) is 5.58. The summed E-state index contributed by atoms with van der Waals surface area (Å²) in [6.45, 7) is 6.17. The van der Waals surface area contributed by atoms with Gasteiger partial charge in [-0.1, -0.05) is 6.08 Å². The van der Waals surface area contributed by atoms with Crippen molar-refractivity contribution in [1.82, 2.24) is 0 Å². The van der Waals surface area contributed by atoms with Gasteiger partial charge >= 0.3 is 5.97 Å². The summed E-state index contributed by atoms with van der Waals surface area (Å²) in [5.74, 6) is -0.0562. The van der Waals surface area contributed by atoms with Crippen LogP contribution in [0.5, 0.6) is 0 Å². The van der Waals surface area contributed by atoms with Crippen molar-refractivity contribution >= 4 is 5.97 Å². The molecule has 0 spiro atoms. The Kier molecular flexibility index (Phi) is 4.33. The maximum atomic E-state index is 11.5. The molecule has 1 aliphatic carbocycles. The largest absolute Gasteiger partial charge is 0.466 e. The van der Waals surface area contributed by atoms with Gasteiger partial charge in [-0.2, -0.15) is 0 Å². The van der Waals surface area contributed by atoms with Crippen LogP contribution in [0.1, 0.15) is 32.6 Å². The molecule has 86 valence electrons. The fourth-order valence-corrected chi connectivity index (χ4v) is 2.25. The number of carbonyl (C=O) groups is 1. The Bertz CT molecular complexity index is 237. The van der Waals surface area contributed by atoms with Gasteiger partial charge in [0.2, 0.25) is 0 Å². The highest BCUT2D eigenvalue weighted by molar-refractivity contribution is 5.77. The highest BCUT2D eigenvalue weighted by Gasteiger charge is 2.57. The van der Waals surface area contributed by atoms with E-state index in [1.54, 1.807) is 0 Å². The Labute approximate surface area is 91.1 Å². The predicted molar refractivity (Wildman–Crippen MR) is 58.3 cm³/mol. The van der Waals surface area contributed by atoms with E-state index in [0.29, 0.717) is 6.61 Å². The fraction of sp³-hybridized carbons (Fsp3) is 0.750. The molecule has 1 aliphatic rings. The first kappa shape index (κ1) is 12.2. The Balaban J connectivity index is 2.49. The molecule has 0 heterocycles. The number of aliphatic hydroxyl groups is 1. The minimum atomic E-state index is -0.0858. The zero-order chi connectivity index (χ0) is 11.3. The number of ether oxygens (including phenoxy) is 1. The first-order chi connectivity index (χ1) is 7.20. The lowest BCUT2D eigenvalue weighted by Crippen LogP contribution is -2.14. The predicted octanol–water partition coefficient (Wildman–Crippen LogP) is 1.90. The molecule has 3 nitrogen and oxygen atoms in total. The van der Waals surface area contributed by atoms with Crippen LogP contribution in [-0.4, -0.2) is 24.3 Å². The molecule has 1 fully saturated rings. The number of esters is 1. The second-order valence-electron chi connectivity index (χ2n) is 4.19. The van der Waals surface area contributed by atoms with Crippen LogP contribution in [-0.2, 0) is 9.53 Å². The van der Waals surface area contributed by atoms with Gasteiger partial charge in [0.1, 0.15) is 0 Å². The molecule has 0 aromatic carbocycles. The molecule has 0 saturated heterocycles. The van der Waals surface area contributed by atoms with E-state index in [9.17, 15) is 4.79 Å². The molecule has 3 heteroatoms. The summed E-state index contributed by atoms with van der Waals surface area (Å²) in [6.07, 6.45) is 5.23. The Morgan fingerprint density at radius 2 is 2.47 bits per heavy atom. The van der Waals surface area contributed by atoms with Crippen molar-refractivity contribution < 1.29 is 14.6 Å². The number of hydrogen-bond acceptors (Lipinski definition) is 3. The summed E-state index contributed by atoms with van der Waals surface area (Å²) in [7, 11) is 0. The summed E-state index contributed by atoms with van der Waals surface area (Å²) in [5, 5.41) is 8.81. The number of allylic oxidation sites excluding steroid dienone is 1. The highest BCUT2D eigenvalue weighted by atomic mass is 16.5. The molecular formula is C12H20O3. The molecule has 15 heavy (non-hydrogen) atoms. The molecule has 0 aromatic heterocycles. The van der Waals surface area contributed by atoms with Crippen LogP contribution in [0.4, 0.5) is 0 Å². The Morgan fingerprint density at radius 3 is 3.00 bits per heavy atom. The van der Waals surface area contributed by atoms with Gasteiger partial charge in [-0.15, -0.1) is 6.58 Å². The molecule has 0 amide bonds. The van der Waals surface area contributed by atoms with Gasteiger partial charge in [0, 0.05) is 6.61 Å². The molecule has 0 aliphatic heterocycles. The quantitative estimate of drug-likeness (QED) is 0.518.